The van der Waals surface area contributed by atoms with Gasteiger partial charge in [0.05, 0.1) is 24.5 Å². The number of hydrogen-bond acceptors (Lipinski definition) is 4. The molecule has 1 atom stereocenters. The summed E-state index contributed by atoms with van der Waals surface area (Å²) in [4.78, 5) is 18.2. The van der Waals surface area contributed by atoms with Crippen molar-refractivity contribution in [3.05, 3.63) is 17.7 Å². The van der Waals surface area contributed by atoms with Crippen molar-refractivity contribution >= 4 is 5.91 Å². The van der Waals surface area contributed by atoms with E-state index in [4.69, 9.17) is 4.74 Å². The van der Waals surface area contributed by atoms with Crippen LogP contribution in [0, 0.1) is 0 Å². The topological polar surface area (TPSA) is 59.4 Å². The molecule has 1 unspecified atom stereocenters. The van der Waals surface area contributed by atoms with Gasteiger partial charge in [-0.15, -0.1) is 0 Å². The Labute approximate surface area is 119 Å². The van der Waals surface area contributed by atoms with E-state index in [2.05, 4.69) is 21.8 Å². The molecule has 3 rings (SSSR count). The molecule has 1 aromatic heterocycles. The Morgan fingerprint density at radius 1 is 1.45 bits per heavy atom. The molecule has 1 fully saturated rings. The number of ether oxygens (including phenoxy) is 1. The summed E-state index contributed by atoms with van der Waals surface area (Å²) in [6, 6.07) is 0.281. The van der Waals surface area contributed by atoms with Gasteiger partial charge in [0.2, 0.25) is 5.91 Å². The van der Waals surface area contributed by atoms with E-state index in [0.717, 1.165) is 50.5 Å². The van der Waals surface area contributed by atoms with E-state index < -0.39 is 0 Å². The summed E-state index contributed by atoms with van der Waals surface area (Å²) in [5, 5.41) is 3.38. The molecule has 20 heavy (non-hydrogen) atoms. The molecule has 6 heteroatoms. The third-order valence-corrected chi connectivity index (χ3v) is 4.08. The van der Waals surface area contributed by atoms with Gasteiger partial charge in [0.1, 0.15) is 12.4 Å². The van der Waals surface area contributed by atoms with Crippen LogP contribution >= 0.6 is 0 Å². The summed E-state index contributed by atoms with van der Waals surface area (Å²) in [5.41, 5.74) is 1.06. The SMILES string of the molecule is CC1NCCn2c(COCC(=O)N3CCCC3)cnc21. The van der Waals surface area contributed by atoms with Crippen molar-refractivity contribution in [2.75, 3.05) is 26.2 Å². The molecule has 1 saturated heterocycles. The van der Waals surface area contributed by atoms with Gasteiger partial charge in [0.25, 0.3) is 0 Å². The molecule has 0 aromatic carbocycles. The molecule has 6 nitrogen and oxygen atoms in total. The zero-order valence-electron chi connectivity index (χ0n) is 12.0. The van der Waals surface area contributed by atoms with Crippen molar-refractivity contribution in [1.29, 1.82) is 0 Å². The molecule has 0 saturated carbocycles. The van der Waals surface area contributed by atoms with E-state index in [-0.39, 0.29) is 18.6 Å². The highest BCUT2D eigenvalue weighted by molar-refractivity contribution is 5.77. The summed E-state index contributed by atoms with van der Waals surface area (Å²) < 4.78 is 7.78. The molecule has 2 aliphatic rings. The lowest BCUT2D eigenvalue weighted by molar-refractivity contribution is -0.135. The first-order valence-corrected chi connectivity index (χ1v) is 7.39. The largest absolute Gasteiger partial charge is 0.365 e. The molecular weight excluding hydrogens is 256 g/mol. The van der Waals surface area contributed by atoms with Crippen LogP contribution in [0.1, 0.15) is 37.3 Å². The lowest BCUT2D eigenvalue weighted by Gasteiger charge is -2.23. The van der Waals surface area contributed by atoms with Crippen molar-refractivity contribution < 1.29 is 9.53 Å². The molecule has 110 valence electrons. The van der Waals surface area contributed by atoms with Gasteiger partial charge in [-0.2, -0.15) is 0 Å². The number of carbonyl (C=O) groups excluding carboxylic acids is 1. The van der Waals surface area contributed by atoms with Gasteiger partial charge in [-0.05, 0) is 19.8 Å². The van der Waals surface area contributed by atoms with Gasteiger partial charge < -0.3 is 19.5 Å². The van der Waals surface area contributed by atoms with Crippen molar-refractivity contribution in [2.24, 2.45) is 0 Å². The first kappa shape index (κ1) is 13.6. The quantitative estimate of drug-likeness (QED) is 0.880. The number of rotatable bonds is 4. The van der Waals surface area contributed by atoms with Crippen molar-refractivity contribution in [1.82, 2.24) is 19.8 Å². The fraction of sp³-hybridized carbons (Fsp3) is 0.714. The normalized spacial score (nSPS) is 22.1. The van der Waals surface area contributed by atoms with Crippen molar-refractivity contribution in [3.8, 4) is 0 Å². The fourth-order valence-electron chi connectivity index (χ4n) is 2.93. The number of amides is 1. The van der Waals surface area contributed by atoms with Crippen LogP contribution in [-0.4, -0.2) is 46.6 Å². The lowest BCUT2D eigenvalue weighted by atomic mass is 10.2. The zero-order chi connectivity index (χ0) is 13.9. The molecule has 0 aliphatic carbocycles. The maximum atomic E-state index is 11.9. The first-order chi connectivity index (χ1) is 9.75. The zero-order valence-corrected chi connectivity index (χ0v) is 12.0. The Morgan fingerprint density at radius 2 is 2.25 bits per heavy atom. The standard InChI is InChI=1S/C14H22N4O2/c1-11-14-16-8-12(18(14)7-4-15-11)9-20-10-13(19)17-5-2-3-6-17/h8,11,15H,2-7,9-10H2,1H3. The second kappa shape index (κ2) is 5.93. The van der Waals surface area contributed by atoms with Crippen LogP contribution in [0.5, 0.6) is 0 Å². The van der Waals surface area contributed by atoms with Crippen LogP contribution in [0.4, 0.5) is 0 Å². The average molecular weight is 278 g/mol. The van der Waals surface area contributed by atoms with Crippen LogP contribution in [0.15, 0.2) is 6.20 Å². The lowest BCUT2D eigenvalue weighted by Crippen LogP contribution is -2.33. The minimum absolute atomic E-state index is 0.107. The number of nitrogens with one attached hydrogen (secondary N) is 1. The maximum Gasteiger partial charge on any atom is 0.248 e. The Bertz CT molecular complexity index is 480. The fourth-order valence-corrected chi connectivity index (χ4v) is 2.93. The molecule has 0 spiro atoms. The smallest absolute Gasteiger partial charge is 0.248 e. The highest BCUT2D eigenvalue weighted by Gasteiger charge is 2.21. The third-order valence-electron chi connectivity index (χ3n) is 4.08. The van der Waals surface area contributed by atoms with E-state index in [9.17, 15) is 4.79 Å². The number of nitrogens with zero attached hydrogens (tertiary/aromatic N) is 3. The van der Waals surface area contributed by atoms with Gasteiger partial charge >= 0.3 is 0 Å². The van der Waals surface area contributed by atoms with Gasteiger partial charge in [0.15, 0.2) is 0 Å². The van der Waals surface area contributed by atoms with E-state index in [1.54, 1.807) is 0 Å². The third kappa shape index (κ3) is 2.71. The van der Waals surface area contributed by atoms with Crippen LogP contribution in [-0.2, 0) is 22.7 Å². The van der Waals surface area contributed by atoms with Crippen LogP contribution in [0.3, 0.4) is 0 Å². The minimum Gasteiger partial charge on any atom is -0.365 e. The van der Waals surface area contributed by atoms with E-state index in [1.165, 1.54) is 0 Å². The molecule has 1 N–H and O–H groups in total. The maximum absolute atomic E-state index is 11.9. The summed E-state index contributed by atoms with van der Waals surface area (Å²) in [6.45, 7) is 6.37. The predicted octanol–water partition coefficient (Wildman–Crippen LogP) is 0.686. The van der Waals surface area contributed by atoms with Crippen LogP contribution in [0.2, 0.25) is 0 Å². The second-order valence-corrected chi connectivity index (χ2v) is 5.52. The predicted molar refractivity (Wildman–Crippen MR) is 74.1 cm³/mol. The average Bonchev–Trinajstić information content (AvgIpc) is 3.09. The Kier molecular flexibility index (Phi) is 4.03. The molecule has 0 bridgehead atoms. The van der Waals surface area contributed by atoms with Crippen molar-refractivity contribution in [3.63, 3.8) is 0 Å². The molecule has 1 aromatic rings. The van der Waals surface area contributed by atoms with Crippen LogP contribution < -0.4 is 5.32 Å². The van der Waals surface area contributed by atoms with Gasteiger partial charge in [0, 0.05) is 26.2 Å². The summed E-state index contributed by atoms with van der Waals surface area (Å²) in [6.07, 6.45) is 4.10. The van der Waals surface area contributed by atoms with Gasteiger partial charge in [-0.25, -0.2) is 4.98 Å². The monoisotopic (exact) mass is 278 g/mol. The summed E-state index contributed by atoms with van der Waals surface area (Å²) >= 11 is 0. The number of fused-ring (bicyclic) bond motifs is 1. The number of imidazole rings is 1. The molecular formula is C14H22N4O2. The minimum atomic E-state index is 0.107. The molecule has 0 radical (unpaired) electrons. The Morgan fingerprint density at radius 3 is 3.05 bits per heavy atom. The number of likely N-dealkylation sites (tertiary alicyclic amines) is 1. The van der Waals surface area contributed by atoms with Crippen LogP contribution in [0.25, 0.3) is 0 Å². The number of aromatic nitrogens is 2. The highest BCUT2D eigenvalue weighted by Crippen LogP contribution is 2.18. The Balaban J connectivity index is 1.52. The number of hydrogen-bond donors (Lipinski definition) is 1. The molecule has 2 aliphatic heterocycles. The molecule has 1 amide bonds. The summed E-state index contributed by atoms with van der Waals surface area (Å²) in [5.74, 6) is 1.16. The second-order valence-electron chi connectivity index (χ2n) is 5.52. The summed E-state index contributed by atoms with van der Waals surface area (Å²) in [7, 11) is 0. The van der Waals surface area contributed by atoms with Gasteiger partial charge in [-0.1, -0.05) is 0 Å². The highest BCUT2D eigenvalue weighted by atomic mass is 16.5. The number of carbonyl (C=O) groups is 1. The molecule has 3 heterocycles. The van der Waals surface area contributed by atoms with E-state index in [0.29, 0.717) is 6.61 Å². The van der Waals surface area contributed by atoms with Crippen molar-refractivity contribution in [2.45, 2.75) is 39.0 Å². The first-order valence-electron chi connectivity index (χ1n) is 7.39. The van der Waals surface area contributed by atoms with Gasteiger partial charge in [-0.3, -0.25) is 4.79 Å². The van der Waals surface area contributed by atoms with E-state index in [1.807, 2.05) is 11.1 Å². The van der Waals surface area contributed by atoms with E-state index >= 15 is 0 Å². The Hall–Kier alpha value is -1.40.